The number of hydrogen-bond acceptors (Lipinski definition) is 6. The molecule has 0 aromatic carbocycles. The molecule has 1 aliphatic rings. The van der Waals surface area contributed by atoms with E-state index in [1.54, 1.807) is 18.6 Å². The van der Waals surface area contributed by atoms with E-state index in [2.05, 4.69) is 20.2 Å². The van der Waals surface area contributed by atoms with Crippen LogP contribution < -0.4 is 0 Å². The highest BCUT2D eigenvalue weighted by atomic mass is 16.4. The average molecular weight is 315 g/mol. The predicted molar refractivity (Wildman–Crippen MR) is 82.7 cm³/mol. The Hall–Kier alpha value is -2.31. The zero-order valence-corrected chi connectivity index (χ0v) is 13.5. The average Bonchev–Trinajstić information content (AvgIpc) is 3.23. The van der Waals surface area contributed by atoms with Gasteiger partial charge in [-0.3, -0.25) is 14.8 Å². The second-order valence-corrected chi connectivity index (χ2v) is 6.14. The lowest BCUT2D eigenvalue weighted by molar-refractivity contribution is -0.130. The molecule has 1 aliphatic heterocycles. The Morgan fingerprint density at radius 3 is 2.96 bits per heavy atom. The molecule has 0 aliphatic carbocycles. The maximum Gasteiger partial charge on any atom is 0.223 e. The van der Waals surface area contributed by atoms with Gasteiger partial charge in [-0.05, 0) is 6.42 Å². The number of amides is 1. The molecule has 1 saturated heterocycles. The first kappa shape index (κ1) is 15.6. The fraction of sp³-hybridized carbons (Fsp3) is 0.562. The van der Waals surface area contributed by atoms with Gasteiger partial charge in [-0.2, -0.15) is 0 Å². The molecule has 1 atom stereocenters. The fourth-order valence-corrected chi connectivity index (χ4v) is 2.72. The van der Waals surface area contributed by atoms with Crippen molar-refractivity contribution in [3.05, 3.63) is 36.1 Å². The Labute approximate surface area is 135 Å². The Morgan fingerprint density at radius 1 is 1.39 bits per heavy atom. The molecule has 23 heavy (non-hydrogen) atoms. The Morgan fingerprint density at radius 2 is 2.26 bits per heavy atom. The number of carbonyl (C=O) groups excluding carboxylic acids is 1. The molecule has 2 aromatic heterocycles. The number of likely N-dealkylation sites (tertiary alicyclic amines) is 1. The van der Waals surface area contributed by atoms with Crippen molar-refractivity contribution in [2.45, 2.75) is 44.9 Å². The second-order valence-electron chi connectivity index (χ2n) is 6.14. The number of aryl methyl sites for hydroxylation is 1. The van der Waals surface area contributed by atoms with E-state index >= 15 is 0 Å². The van der Waals surface area contributed by atoms with Crippen LogP contribution in [0.15, 0.2) is 23.0 Å². The van der Waals surface area contributed by atoms with Crippen molar-refractivity contribution in [2.75, 3.05) is 13.1 Å². The highest BCUT2D eigenvalue weighted by Crippen LogP contribution is 2.25. The van der Waals surface area contributed by atoms with E-state index < -0.39 is 0 Å². The van der Waals surface area contributed by atoms with Gasteiger partial charge in [-0.15, -0.1) is 10.2 Å². The minimum absolute atomic E-state index is 0.126. The van der Waals surface area contributed by atoms with Crippen LogP contribution in [-0.2, 0) is 11.2 Å². The number of hydrogen-bond donors (Lipinski definition) is 0. The summed E-state index contributed by atoms with van der Waals surface area (Å²) in [6.07, 6.45) is 6.96. The van der Waals surface area contributed by atoms with Crippen LogP contribution >= 0.6 is 0 Å². The molecule has 0 bridgehead atoms. The molecule has 7 heteroatoms. The van der Waals surface area contributed by atoms with Crippen LogP contribution in [0.25, 0.3) is 0 Å². The third kappa shape index (κ3) is 3.72. The van der Waals surface area contributed by atoms with Crippen LogP contribution in [-0.4, -0.2) is 44.1 Å². The van der Waals surface area contributed by atoms with E-state index in [1.807, 2.05) is 18.7 Å². The quantitative estimate of drug-likeness (QED) is 0.838. The zero-order valence-electron chi connectivity index (χ0n) is 13.5. The molecule has 0 spiro atoms. The number of nitrogens with zero attached hydrogens (tertiary/aromatic N) is 5. The topological polar surface area (TPSA) is 85.0 Å². The van der Waals surface area contributed by atoms with Crippen molar-refractivity contribution >= 4 is 5.91 Å². The lowest BCUT2D eigenvalue weighted by atomic mass is 10.1. The highest BCUT2D eigenvalue weighted by Gasteiger charge is 2.28. The van der Waals surface area contributed by atoms with Crippen molar-refractivity contribution < 1.29 is 9.21 Å². The number of carbonyl (C=O) groups is 1. The lowest BCUT2D eigenvalue weighted by Crippen LogP contribution is -2.28. The molecule has 1 unspecified atom stereocenters. The zero-order chi connectivity index (χ0) is 16.2. The van der Waals surface area contributed by atoms with Gasteiger partial charge in [0, 0.05) is 56.4 Å². The van der Waals surface area contributed by atoms with Crippen LogP contribution in [0.5, 0.6) is 0 Å². The summed E-state index contributed by atoms with van der Waals surface area (Å²) in [4.78, 5) is 22.7. The summed E-state index contributed by atoms with van der Waals surface area (Å²) in [6, 6.07) is 0. The molecule has 0 saturated carbocycles. The van der Waals surface area contributed by atoms with Crippen molar-refractivity contribution in [3.8, 4) is 0 Å². The standard InChI is InChI=1S/C16H21N5O2/c1-11(2)16-20-19-14(23-16)3-4-15(22)21-8-5-12(10-21)13-9-17-6-7-18-13/h6-7,9,11-12H,3-5,8,10H2,1-2H3. The minimum atomic E-state index is 0.126. The normalized spacial score (nSPS) is 17.9. The molecular formula is C16H21N5O2. The van der Waals surface area contributed by atoms with E-state index in [9.17, 15) is 4.79 Å². The largest absolute Gasteiger partial charge is 0.425 e. The Bertz CT molecular complexity index is 656. The van der Waals surface area contributed by atoms with Crippen molar-refractivity contribution in [3.63, 3.8) is 0 Å². The summed E-state index contributed by atoms with van der Waals surface area (Å²) in [5.41, 5.74) is 0.960. The van der Waals surface area contributed by atoms with Gasteiger partial charge in [-0.25, -0.2) is 0 Å². The van der Waals surface area contributed by atoms with Gasteiger partial charge in [0.2, 0.25) is 17.7 Å². The smallest absolute Gasteiger partial charge is 0.223 e. The fourth-order valence-electron chi connectivity index (χ4n) is 2.72. The molecule has 3 rings (SSSR count). The molecule has 1 amide bonds. The van der Waals surface area contributed by atoms with E-state index in [4.69, 9.17) is 4.42 Å². The molecule has 3 heterocycles. The van der Waals surface area contributed by atoms with Gasteiger partial charge in [0.05, 0.1) is 5.69 Å². The molecule has 122 valence electrons. The van der Waals surface area contributed by atoms with E-state index in [0.29, 0.717) is 31.2 Å². The van der Waals surface area contributed by atoms with Crippen molar-refractivity contribution in [1.82, 2.24) is 25.1 Å². The Kier molecular flexibility index (Phi) is 4.64. The summed E-state index contributed by atoms with van der Waals surface area (Å²) >= 11 is 0. The predicted octanol–water partition coefficient (Wildman–Crippen LogP) is 1.93. The van der Waals surface area contributed by atoms with Gasteiger partial charge in [-0.1, -0.05) is 13.8 Å². The maximum atomic E-state index is 12.3. The van der Waals surface area contributed by atoms with Crippen LogP contribution in [0.3, 0.4) is 0 Å². The van der Waals surface area contributed by atoms with Crippen molar-refractivity contribution in [2.24, 2.45) is 0 Å². The van der Waals surface area contributed by atoms with Crippen LogP contribution in [0.2, 0.25) is 0 Å². The Balaban J connectivity index is 1.51. The second kappa shape index (κ2) is 6.85. The summed E-state index contributed by atoms with van der Waals surface area (Å²) in [5.74, 6) is 1.77. The van der Waals surface area contributed by atoms with Crippen LogP contribution in [0, 0.1) is 0 Å². The molecule has 0 N–H and O–H groups in total. The summed E-state index contributed by atoms with van der Waals surface area (Å²) in [7, 11) is 0. The first-order valence-electron chi connectivity index (χ1n) is 7.99. The van der Waals surface area contributed by atoms with Gasteiger partial charge in [0.25, 0.3) is 0 Å². The first-order valence-corrected chi connectivity index (χ1v) is 7.99. The van der Waals surface area contributed by atoms with Crippen LogP contribution in [0.1, 0.15) is 56.0 Å². The molecule has 7 nitrogen and oxygen atoms in total. The van der Waals surface area contributed by atoms with Crippen molar-refractivity contribution in [1.29, 1.82) is 0 Å². The van der Waals surface area contributed by atoms with Gasteiger partial charge >= 0.3 is 0 Å². The number of rotatable bonds is 5. The SMILES string of the molecule is CC(C)c1nnc(CCC(=O)N2CCC(c3cnccn3)C2)o1. The van der Waals surface area contributed by atoms with E-state index in [0.717, 1.165) is 18.7 Å². The van der Waals surface area contributed by atoms with E-state index in [-0.39, 0.29) is 17.7 Å². The van der Waals surface area contributed by atoms with Gasteiger partial charge < -0.3 is 9.32 Å². The van der Waals surface area contributed by atoms with Gasteiger partial charge in [0.1, 0.15) is 0 Å². The third-order valence-corrected chi connectivity index (χ3v) is 4.07. The molecule has 1 fully saturated rings. The molecular weight excluding hydrogens is 294 g/mol. The monoisotopic (exact) mass is 315 g/mol. The summed E-state index contributed by atoms with van der Waals surface area (Å²) < 4.78 is 5.54. The number of aromatic nitrogens is 4. The van der Waals surface area contributed by atoms with Crippen LogP contribution in [0.4, 0.5) is 0 Å². The summed E-state index contributed by atoms with van der Waals surface area (Å²) in [5, 5.41) is 7.98. The lowest BCUT2D eigenvalue weighted by Gasteiger charge is -2.15. The first-order chi connectivity index (χ1) is 11.1. The molecule has 0 radical (unpaired) electrons. The van der Waals surface area contributed by atoms with Gasteiger partial charge in [0.15, 0.2) is 0 Å². The maximum absolute atomic E-state index is 12.3. The van der Waals surface area contributed by atoms with E-state index in [1.165, 1.54) is 0 Å². The molecule has 2 aromatic rings. The highest BCUT2D eigenvalue weighted by molar-refractivity contribution is 5.76. The minimum Gasteiger partial charge on any atom is -0.425 e. The summed E-state index contributed by atoms with van der Waals surface area (Å²) in [6.45, 7) is 5.47. The third-order valence-electron chi connectivity index (χ3n) is 4.07.